The molecule has 0 amide bonds. The molecule has 3 nitrogen and oxygen atoms in total. The molecule has 1 heterocycles. The zero-order chi connectivity index (χ0) is 12.8. The van der Waals surface area contributed by atoms with Crippen molar-refractivity contribution in [2.45, 2.75) is 51.5 Å². The topological polar surface area (TPSA) is 44.5 Å². The molecule has 1 aliphatic carbocycles. The third-order valence-corrected chi connectivity index (χ3v) is 4.51. The van der Waals surface area contributed by atoms with Crippen molar-refractivity contribution in [3.63, 3.8) is 0 Å². The highest BCUT2D eigenvalue weighted by molar-refractivity contribution is 5.56. The van der Waals surface area contributed by atoms with Gasteiger partial charge in [0.25, 0.3) is 0 Å². The first-order chi connectivity index (χ1) is 8.62. The summed E-state index contributed by atoms with van der Waals surface area (Å²) in [5, 5.41) is 0. The molecule has 0 radical (unpaired) electrons. The van der Waals surface area contributed by atoms with E-state index in [2.05, 4.69) is 19.9 Å². The lowest BCUT2D eigenvalue weighted by molar-refractivity contribution is 0.173. The second-order valence-electron chi connectivity index (χ2n) is 5.62. The summed E-state index contributed by atoms with van der Waals surface area (Å²) >= 11 is 0. The van der Waals surface area contributed by atoms with Gasteiger partial charge in [0.15, 0.2) is 11.5 Å². The standard InChI is InChI=1S/C15H21NO2/c1-10-11(2)14-13(17-9-18-14)8-12(10)15(16)6-4-3-5-7-15/h8H,3-7,9,16H2,1-2H3. The third kappa shape index (κ3) is 1.69. The van der Waals surface area contributed by atoms with E-state index >= 15 is 0 Å². The molecule has 0 spiro atoms. The molecule has 1 aliphatic heterocycles. The number of rotatable bonds is 1. The van der Waals surface area contributed by atoms with Gasteiger partial charge in [0, 0.05) is 5.54 Å². The van der Waals surface area contributed by atoms with Crippen LogP contribution in [0.4, 0.5) is 0 Å². The fourth-order valence-electron chi connectivity index (χ4n) is 3.27. The van der Waals surface area contributed by atoms with Gasteiger partial charge in [-0.3, -0.25) is 0 Å². The molecule has 0 unspecified atom stereocenters. The Bertz CT molecular complexity index is 476. The van der Waals surface area contributed by atoms with Gasteiger partial charge in [-0.05, 0) is 49.4 Å². The number of benzene rings is 1. The van der Waals surface area contributed by atoms with Crippen LogP contribution < -0.4 is 15.2 Å². The van der Waals surface area contributed by atoms with Crippen LogP contribution in [0.2, 0.25) is 0 Å². The average molecular weight is 247 g/mol. The highest BCUT2D eigenvalue weighted by Crippen LogP contribution is 2.44. The van der Waals surface area contributed by atoms with Crippen LogP contribution in [0.1, 0.15) is 48.8 Å². The molecule has 1 aromatic rings. The predicted octanol–water partition coefficient (Wildman–Crippen LogP) is 3.15. The van der Waals surface area contributed by atoms with Crippen LogP contribution in [0.15, 0.2) is 6.07 Å². The summed E-state index contributed by atoms with van der Waals surface area (Å²) in [6.45, 7) is 4.57. The van der Waals surface area contributed by atoms with Gasteiger partial charge in [0.1, 0.15) is 0 Å². The monoisotopic (exact) mass is 247 g/mol. The summed E-state index contributed by atoms with van der Waals surface area (Å²) in [6, 6.07) is 2.11. The number of nitrogens with two attached hydrogens (primary N) is 1. The molecule has 0 aromatic heterocycles. The molecule has 98 valence electrons. The van der Waals surface area contributed by atoms with Crippen LogP contribution in [-0.2, 0) is 5.54 Å². The lowest BCUT2D eigenvalue weighted by Gasteiger charge is -2.35. The van der Waals surface area contributed by atoms with Gasteiger partial charge in [-0.1, -0.05) is 19.3 Å². The van der Waals surface area contributed by atoms with Gasteiger partial charge < -0.3 is 15.2 Å². The summed E-state index contributed by atoms with van der Waals surface area (Å²) in [6.07, 6.45) is 5.91. The predicted molar refractivity (Wildman–Crippen MR) is 71.0 cm³/mol. The number of ether oxygens (including phenoxy) is 2. The summed E-state index contributed by atoms with van der Waals surface area (Å²) < 4.78 is 11.1. The van der Waals surface area contributed by atoms with Crippen LogP contribution >= 0.6 is 0 Å². The number of fused-ring (bicyclic) bond motifs is 1. The number of hydrogen-bond donors (Lipinski definition) is 1. The van der Waals surface area contributed by atoms with Gasteiger partial charge >= 0.3 is 0 Å². The second-order valence-corrected chi connectivity index (χ2v) is 5.62. The van der Waals surface area contributed by atoms with E-state index in [1.165, 1.54) is 36.0 Å². The Kier molecular flexibility index (Phi) is 2.74. The fraction of sp³-hybridized carbons (Fsp3) is 0.600. The molecule has 0 bridgehead atoms. The Balaban J connectivity index is 2.09. The average Bonchev–Trinajstić information content (AvgIpc) is 2.83. The maximum absolute atomic E-state index is 6.65. The minimum Gasteiger partial charge on any atom is -0.454 e. The quantitative estimate of drug-likeness (QED) is 0.829. The SMILES string of the molecule is Cc1c(C2(N)CCCCC2)cc2c(c1C)OCO2. The van der Waals surface area contributed by atoms with Gasteiger partial charge in [-0.25, -0.2) is 0 Å². The lowest BCUT2D eigenvalue weighted by atomic mass is 9.75. The smallest absolute Gasteiger partial charge is 0.231 e. The zero-order valence-corrected chi connectivity index (χ0v) is 11.2. The molecule has 1 aromatic carbocycles. The van der Waals surface area contributed by atoms with Gasteiger partial charge in [0.05, 0.1) is 0 Å². The summed E-state index contributed by atoms with van der Waals surface area (Å²) in [5.74, 6) is 1.76. The highest BCUT2D eigenvalue weighted by atomic mass is 16.7. The molecule has 1 fully saturated rings. The Morgan fingerprint density at radius 2 is 1.78 bits per heavy atom. The van der Waals surface area contributed by atoms with E-state index in [0.29, 0.717) is 6.79 Å². The van der Waals surface area contributed by atoms with E-state index in [0.717, 1.165) is 24.3 Å². The van der Waals surface area contributed by atoms with E-state index in [4.69, 9.17) is 15.2 Å². The van der Waals surface area contributed by atoms with Crippen LogP contribution in [0.25, 0.3) is 0 Å². The Labute approximate surface area is 108 Å². The van der Waals surface area contributed by atoms with Crippen molar-refractivity contribution in [3.8, 4) is 11.5 Å². The van der Waals surface area contributed by atoms with Crippen molar-refractivity contribution in [3.05, 3.63) is 22.8 Å². The number of hydrogen-bond acceptors (Lipinski definition) is 3. The van der Waals surface area contributed by atoms with Crippen LogP contribution in [-0.4, -0.2) is 6.79 Å². The normalized spacial score (nSPS) is 21.1. The van der Waals surface area contributed by atoms with E-state index in [9.17, 15) is 0 Å². The summed E-state index contributed by atoms with van der Waals surface area (Å²) in [5.41, 5.74) is 10.2. The first kappa shape index (κ1) is 11.8. The zero-order valence-electron chi connectivity index (χ0n) is 11.2. The maximum Gasteiger partial charge on any atom is 0.231 e. The molecular weight excluding hydrogens is 226 g/mol. The van der Waals surface area contributed by atoms with Crippen molar-refractivity contribution in [2.75, 3.05) is 6.79 Å². The Morgan fingerprint density at radius 3 is 2.50 bits per heavy atom. The maximum atomic E-state index is 6.65. The molecule has 0 saturated heterocycles. The Morgan fingerprint density at radius 1 is 1.06 bits per heavy atom. The van der Waals surface area contributed by atoms with Crippen molar-refractivity contribution in [1.82, 2.24) is 0 Å². The second kappa shape index (κ2) is 4.16. The first-order valence-corrected chi connectivity index (χ1v) is 6.81. The molecular formula is C15H21NO2. The van der Waals surface area contributed by atoms with Gasteiger partial charge in [-0.2, -0.15) is 0 Å². The molecule has 2 N–H and O–H groups in total. The minimum absolute atomic E-state index is 0.173. The summed E-state index contributed by atoms with van der Waals surface area (Å²) in [4.78, 5) is 0. The van der Waals surface area contributed by atoms with Crippen molar-refractivity contribution in [2.24, 2.45) is 5.73 Å². The lowest BCUT2D eigenvalue weighted by Crippen LogP contribution is -2.39. The molecule has 1 saturated carbocycles. The third-order valence-electron chi connectivity index (χ3n) is 4.51. The van der Waals surface area contributed by atoms with Crippen LogP contribution in [0.5, 0.6) is 11.5 Å². The van der Waals surface area contributed by atoms with E-state index in [1.54, 1.807) is 0 Å². The molecule has 2 aliphatic rings. The molecule has 3 heteroatoms. The minimum atomic E-state index is -0.173. The van der Waals surface area contributed by atoms with E-state index in [1.807, 2.05) is 0 Å². The van der Waals surface area contributed by atoms with Gasteiger partial charge in [0.2, 0.25) is 6.79 Å². The largest absolute Gasteiger partial charge is 0.454 e. The van der Waals surface area contributed by atoms with Crippen molar-refractivity contribution < 1.29 is 9.47 Å². The molecule has 18 heavy (non-hydrogen) atoms. The van der Waals surface area contributed by atoms with E-state index < -0.39 is 0 Å². The molecule has 3 rings (SSSR count). The first-order valence-electron chi connectivity index (χ1n) is 6.81. The summed E-state index contributed by atoms with van der Waals surface area (Å²) in [7, 11) is 0. The fourth-order valence-corrected chi connectivity index (χ4v) is 3.27. The van der Waals surface area contributed by atoms with E-state index in [-0.39, 0.29) is 5.54 Å². The van der Waals surface area contributed by atoms with Crippen molar-refractivity contribution in [1.29, 1.82) is 0 Å². The van der Waals surface area contributed by atoms with Crippen LogP contribution in [0.3, 0.4) is 0 Å². The van der Waals surface area contributed by atoms with Crippen LogP contribution in [0, 0.1) is 13.8 Å². The Hall–Kier alpha value is -1.22. The molecule has 0 atom stereocenters. The van der Waals surface area contributed by atoms with Crippen molar-refractivity contribution >= 4 is 0 Å². The highest BCUT2D eigenvalue weighted by Gasteiger charge is 2.33. The van der Waals surface area contributed by atoms with Gasteiger partial charge in [-0.15, -0.1) is 0 Å².